The normalized spacial score (nSPS) is 11.7. The van der Waals surface area contributed by atoms with Crippen LogP contribution in [0.1, 0.15) is 27.7 Å². The van der Waals surface area contributed by atoms with Crippen LogP contribution in [0.4, 0.5) is 0 Å². The Labute approximate surface area is 70.5 Å². The van der Waals surface area contributed by atoms with E-state index in [-0.39, 0.29) is 0 Å². The lowest BCUT2D eigenvalue weighted by atomic mass is 10.2. The Morgan fingerprint density at radius 3 is 2.00 bits per heavy atom. The van der Waals surface area contributed by atoms with Gasteiger partial charge in [-0.05, 0) is 19.4 Å². The summed E-state index contributed by atoms with van der Waals surface area (Å²) < 4.78 is 0. The van der Waals surface area contributed by atoms with Crippen molar-refractivity contribution in [3.63, 3.8) is 0 Å². The van der Waals surface area contributed by atoms with E-state index in [1.165, 1.54) is 5.57 Å². The molecule has 0 aliphatic heterocycles. The van der Waals surface area contributed by atoms with Crippen molar-refractivity contribution in [2.75, 3.05) is 7.05 Å². The zero-order valence-electron chi connectivity index (χ0n) is 8.31. The molecule has 1 heteroatoms. The number of allylic oxidation sites excluding steroid dienone is 3. The van der Waals surface area contributed by atoms with E-state index < -0.39 is 0 Å². The molecule has 0 radical (unpaired) electrons. The molecule has 0 aromatic heterocycles. The van der Waals surface area contributed by atoms with Gasteiger partial charge in [0, 0.05) is 12.8 Å². The molecule has 0 fully saturated rings. The first-order valence-corrected chi connectivity index (χ1v) is 3.95. The number of nitrogens with zero attached hydrogens (tertiary/aromatic N) is 1. The zero-order valence-corrected chi connectivity index (χ0v) is 8.31. The van der Waals surface area contributed by atoms with E-state index in [0.717, 1.165) is 5.71 Å². The third-order valence-electron chi connectivity index (χ3n) is 1.27. The Kier molecular flexibility index (Phi) is 10.6. The van der Waals surface area contributed by atoms with Gasteiger partial charge < -0.3 is 0 Å². The molecule has 0 aliphatic carbocycles. The molecular formula is C10H19N. The number of hydrogen-bond acceptors (Lipinski definition) is 1. The summed E-state index contributed by atoms with van der Waals surface area (Å²) in [6, 6.07) is 0. The van der Waals surface area contributed by atoms with Gasteiger partial charge in [0.05, 0.1) is 0 Å². The van der Waals surface area contributed by atoms with Crippen LogP contribution in [0, 0.1) is 0 Å². The van der Waals surface area contributed by atoms with Crippen molar-refractivity contribution in [3.8, 4) is 0 Å². The molecule has 0 saturated heterocycles. The van der Waals surface area contributed by atoms with Gasteiger partial charge in [0.15, 0.2) is 0 Å². The van der Waals surface area contributed by atoms with Gasteiger partial charge in [-0.25, -0.2) is 0 Å². The van der Waals surface area contributed by atoms with Gasteiger partial charge in [0.25, 0.3) is 0 Å². The molecule has 0 aliphatic rings. The summed E-state index contributed by atoms with van der Waals surface area (Å²) in [7, 11) is 1.79. The molecule has 0 heterocycles. The Hall–Kier alpha value is -0.850. The summed E-state index contributed by atoms with van der Waals surface area (Å²) in [6.07, 6.45) is 3.71. The maximum absolute atomic E-state index is 4.01. The Bertz CT molecular complexity index is 152. The summed E-state index contributed by atoms with van der Waals surface area (Å²) in [5, 5.41) is 0. The highest BCUT2D eigenvalue weighted by Gasteiger charge is 1.87. The van der Waals surface area contributed by atoms with E-state index in [1.807, 2.05) is 33.8 Å². The highest BCUT2D eigenvalue weighted by atomic mass is 14.7. The van der Waals surface area contributed by atoms with Crippen LogP contribution in [0.15, 0.2) is 29.3 Å². The second kappa shape index (κ2) is 9.15. The van der Waals surface area contributed by atoms with Crippen molar-refractivity contribution >= 4 is 5.71 Å². The first-order chi connectivity index (χ1) is 5.22. The molecule has 0 saturated carbocycles. The summed E-state index contributed by atoms with van der Waals surface area (Å²) in [5.41, 5.74) is 2.24. The van der Waals surface area contributed by atoms with Gasteiger partial charge in [-0.15, -0.1) is 0 Å². The first-order valence-electron chi connectivity index (χ1n) is 3.95. The van der Waals surface area contributed by atoms with E-state index in [9.17, 15) is 0 Å². The van der Waals surface area contributed by atoms with Crippen LogP contribution in [-0.4, -0.2) is 12.8 Å². The van der Waals surface area contributed by atoms with Crippen molar-refractivity contribution in [1.29, 1.82) is 0 Å². The number of rotatable bonds is 2. The molecule has 0 spiro atoms. The molecule has 0 N–H and O–H groups in total. The summed E-state index contributed by atoms with van der Waals surface area (Å²) in [6.45, 7) is 11.6. The molecule has 0 aromatic carbocycles. The van der Waals surface area contributed by atoms with Crippen LogP contribution in [0.25, 0.3) is 0 Å². The van der Waals surface area contributed by atoms with Crippen LogP contribution in [-0.2, 0) is 0 Å². The molecule has 0 bridgehead atoms. The predicted octanol–water partition coefficient (Wildman–Crippen LogP) is 3.24. The van der Waals surface area contributed by atoms with Gasteiger partial charge in [0.1, 0.15) is 0 Å². The summed E-state index contributed by atoms with van der Waals surface area (Å²) in [5.74, 6) is 0. The van der Waals surface area contributed by atoms with Gasteiger partial charge >= 0.3 is 0 Å². The summed E-state index contributed by atoms with van der Waals surface area (Å²) >= 11 is 0. The molecule has 0 aromatic rings. The molecule has 11 heavy (non-hydrogen) atoms. The van der Waals surface area contributed by atoms with Gasteiger partial charge in [-0.2, -0.15) is 0 Å². The van der Waals surface area contributed by atoms with Crippen molar-refractivity contribution in [2.45, 2.75) is 27.7 Å². The third-order valence-corrected chi connectivity index (χ3v) is 1.27. The average molecular weight is 153 g/mol. The van der Waals surface area contributed by atoms with Crippen molar-refractivity contribution in [2.24, 2.45) is 4.99 Å². The van der Waals surface area contributed by atoms with Crippen molar-refractivity contribution in [1.82, 2.24) is 0 Å². The first kappa shape index (κ1) is 12.8. The molecule has 0 unspecified atom stereocenters. The van der Waals surface area contributed by atoms with Gasteiger partial charge in [-0.3, -0.25) is 4.99 Å². The van der Waals surface area contributed by atoms with E-state index in [0.29, 0.717) is 0 Å². The minimum Gasteiger partial charge on any atom is -0.293 e. The highest BCUT2D eigenvalue weighted by molar-refractivity contribution is 5.97. The van der Waals surface area contributed by atoms with Gasteiger partial charge in [-0.1, -0.05) is 32.6 Å². The molecule has 1 nitrogen and oxygen atoms in total. The maximum Gasteiger partial charge on any atom is 0.0343 e. The average Bonchev–Trinajstić information content (AvgIpc) is 2.07. The SMILES string of the molecule is C=C/C=C(/C)C(C)=NC.CC. The molecule has 0 rings (SSSR count). The van der Waals surface area contributed by atoms with Crippen LogP contribution in [0.5, 0.6) is 0 Å². The topological polar surface area (TPSA) is 12.4 Å². The van der Waals surface area contributed by atoms with E-state index in [4.69, 9.17) is 0 Å². The molecule has 0 atom stereocenters. The van der Waals surface area contributed by atoms with Crippen molar-refractivity contribution in [3.05, 3.63) is 24.3 Å². The second-order valence-corrected chi connectivity index (χ2v) is 1.89. The highest BCUT2D eigenvalue weighted by Crippen LogP contribution is 1.95. The predicted molar refractivity (Wildman–Crippen MR) is 54.3 cm³/mol. The van der Waals surface area contributed by atoms with Crippen LogP contribution in [0.2, 0.25) is 0 Å². The molecule has 0 amide bonds. The minimum atomic E-state index is 1.06. The lowest BCUT2D eigenvalue weighted by Gasteiger charge is -1.94. The lowest BCUT2D eigenvalue weighted by molar-refractivity contribution is 1.39. The summed E-state index contributed by atoms with van der Waals surface area (Å²) in [4.78, 5) is 4.01. The van der Waals surface area contributed by atoms with E-state index in [2.05, 4.69) is 11.6 Å². The largest absolute Gasteiger partial charge is 0.293 e. The molecular weight excluding hydrogens is 134 g/mol. The fourth-order valence-corrected chi connectivity index (χ4v) is 0.474. The Morgan fingerprint density at radius 2 is 1.73 bits per heavy atom. The van der Waals surface area contributed by atoms with Crippen molar-refractivity contribution < 1.29 is 0 Å². The standard InChI is InChI=1S/C8H13N.C2H6/c1-5-6-7(2)8(3)9-4;1-2/h5-6H,1H2,2-4H3;1-2H3/b7-6-,9-8?;. The quantitative estimate of drug-likeness (QED) is 0.426. The maximum atomic E-state index is 4.01. The fraction of sp³-hybridized carbons (Fsp3) is 0.500. The number of aliphatic imine (C=N–C) groups is 1. The Balaban J connectivity index is 0. The number of hydrogen-bond donors (Lipinski definition) is 0. The fourth-order valence-electron chi connectivity index (χ4n) is 0.474. The smallest absolute Gasteiger partial charge is 0.0343 e. The lowest BCUT2D eigenvalue weighted by Crippen LogP contribution is -1.90. The van der Waals surface area contributed by atoms with E-state index >= 15 is 0 Å². The zero-order chi connectivity index (χ0) is 9.28. The minimum absolute atomic E-state index is 1.06. The van der Waals surface area contributed by atoms with Gasteiger partial charge in [0.2, 0.25) is 0 Å². The second-order valence-electron chi connectivity index (χ2n) is 1.89. The molecule has 64 valence electrons. The Morgan fingerprint density at radius 1 is 1.27 bits per heavy atom. The van der Waals surface area contributed by atoms with Crippen LogP contribution < -0.4 is 0 Å². The van der Waals surface area contributed by atoms with Crippen LogP contribution in [0.3, 0.4) is 0 Å². The third kappa shape index (κ3) is 7.04. The van der Waals surface area contributed by atoms with E-state index in [1.54, 1.807) is 13.1 Å². The monoisotopic (exact) mass is 153 g/mol. The van der Waals surface area contributed by atoms with Crippen LogP contribution >= 0.6 is 0 Å².